The van der Waals surface area contributed by atoms with E-state index in [1.54, 1.807) is 0 Å². The van der Waals surface area contributed by atoms with E-state index in [4.69, 9.17) is 4.98 Å². The number of benzene rings is 3. The van der Waals surface area contributed by atoms with E-state index in [0.717, 1.165) is 33.6 Å². The lowest BCUT2D eigenvalue weighted by Gasteiger charge is -2.16. The zero-order chi connectivity index (χ0) is 25.5. The first kappa shape index (κ1) is 25.0. The van der Waals surface area contributed by atoms with Crippen molar-refractivity contribution in [1.82, 2.24) is 10.3 Å². The van der Waals surface area contributed by atoms with Crippen LogP contribution in [0.2, 0.25) is 0 Å². The molecule has 1 amide bonds. The zero-order valence-electron chi connectivity index (χ0n) is 20.6. The lowest BCUT2D eigenvalue weighted by atomic mass is 9.99. The predicted molar refractivity (Wildman–Crippen MR) is 148 cm³/mol. The number of aromatic nitrogens is 1. The lowest BCUT2D eigenvalue weighted by molar-refractivity contribution is -0.119. The maximum absolute atomic E-state index is 12.8. The number of hydrogen-bond acceptors (Lipinski definition) is 5. The monoisotopic (exact) mass is 492 g/mol. The minimum atomic E-state index is -0.107. The van der Waals surface area contributed by atoms with Gasteiger partial charge < -0.3 is 10.2 Å². The third kappa shape index (κ3) is 5.94. The Balaban J connectivity index is 1.65. The van der Waals surface area contributed by atoms with Gasteiger partial charge >= 0.3 is 0 Å². The fraction of sp³-hybridized carbons (Fsp3) is 0.167. The third-order valence-corrected chi connectivity index (χ3v) is 6.85. The Kier molecular flexibility index (Phi) is 8.04. The van der Waals surface area contributed by atoms with Crippen molar-refractivity contribution >= 4 is 23.4 Å². The Hall–Kier alpha value is -4.08. The maximum atomic E-state index is 12.8. The lowest BCUT2D eigenvalue weighted by Crippen LogP contribution is -2.28. The highest BCUT2D eigenvalue weighted by Gasteiger charge is 2.18. The van der Waals surface area contributed by atoms with Gasteiger partial charge in [-0.25, -0.2) is 4.98 Å². The highest BCUT2D eigenvalue weighted by Crippen LogP contribution is 2.35. The largest absolute Gasteiger partial charge is 0.378 e. The van der Waals surface area contributed by atoms with Crippen LogP contribution in [0.3, 0.4) is 0 Å². The van der Waals surface area contributed by atoms with Crippen LogP contribution in [0.1, 0.15) is 24.1 Å². The number of anilines is 1. The molecule has 36 heavy (non-hydrogen) atoms. The number of amides is 1. The molecule has 0 spiro atoms. The first-order valence-electron chi connectivity index (χ1n) is 11.7. The fourth-order valence-corrected chi connectivity index (χ4v) is 4.71. The van der Waals surface area contributed by atoms with Gasteiger partial charge in [-0.05, 0) is 36.2 Å². The van der Waals surface area contributed by atoms with E-state index in [-0.39, 0.29) is 17.7 Å². The topological polar surface area (TPSA) is 69.0 Å². The summed E-state index contributed by atoms with van der Waals surface area (Å²) in [6.07, 6.45) is 0. The van der Waals surface area contributed by atoms with Crippen LogP contribution in [-0.2, 0) is 4.79 Å². The molecule has 0 aliphatic heterocycles. The average Bonchev–Trinajstić information content (AvgIpc) is 2.92. The summed E-state index contributed by atoms with van der Waals surface area (Å²) in [6.45, 7) is 1.96. The summed E-state index contributed by atoms with van der Waals surface area (Å²) in [5.41, 5.74) is 6.05. The molecular formula is C30H28N4OS. The molecule has 0 saturated heterocycles. The highest BCUT2D eigenvalue weighted by atomic mass is 32.2. The van der Waals surface area contributed by atoms with E-state index in [1.165, 1.54) is 11.8 Å². The normalized spacial score (nSPS) is 11.4. The average molecular weight is 493 g/mol. The van der Waals surface area contributed by atoms with E-state index < -0.39 is 0 Å². The quantitative estimate of drug-likeness (QED) is 0.291. The number of rotatable bonds is 8. The number of pyridine rings is 1. The first-order chi connectivity index (χ1) is 17.5. The molecule has 1 heterocycles. The van der Waals surface area contributed by atoms with Crippen LogP contribution in [0.15, 0.2) is 96.0 Å². The maximum Gasteiger partial charge on any atom is 0.230 e. The van der Waals surface area contributed by atoms with Gasteiger partial charge in [-0.15, -0.1) is 0 Å². The smallest absolute Gasteiger partial charge is 0.230 e. The van der Waals surface area contributed by atoms with Gasteiger partial charge in [0.15, 0.2) is 0 Å². The molecule has 0 bridgehead atoms. The molecule has 0 saturated carbocycles. The summed E-state index contributed by atoms with van der Waals surface area (Å²) in [5.74, 6) is 0.0554. The van der Waals surface area contributed by atoms with Gasteiger partial charge in [0, 0.05) is 30.9 Å². The van der Waals surface area contributed by atoms with E-state index in [2.05, 4.69) is 11.4 Å². The fourth-order valence-electron chi connectivity index (χ4n) is 3.90. The molecule has 1 atom stereocenters. The number of hydrogen-bond donors (Lipinski definition) is 1. The Labute approximate surface area is 216 Å². The van der Waals surface area contributed by atoms with Gasteiger partial charge in [0.2, 0.25) is 5.91 Å². The number of nitrogens with zero attached hydrogens (tertiary/aromatic N) is 3. The van der Waals surface area contributed by atoms with Gasteiger partial charge in [0.1, 0.15) is 11.1 Å². The van der Waals surface area contributed by atoms with Crippen molar-refractivity contribution in [1.29, 1.82) is 5.26 Å². The van der Waals surface area contributed by atoms with Gasteiger partial charge in [-0.1, -0.05) is 84.6 Å². The number of carbonyl (C=O) groups excluding carboxylic acids is 1. The molecule has 180 valence electrons. The van der Waals surface area contributed by atoms with Crippen LogP contribution < -0.4 is 10.2 Å². The van der Waals surface area contributed by atoms with E-state index >= 15 is 0 Å². The van der Waals surface area contributed by atoms with Crippen LogP contribution in [0, 0.1) is 11.3 Å². The molecule has 6 heteroatoms. The molecule has 0 radical (unpaired) electrons. The van der Waals surface area contributed by atoms with Crippen molar-refractivity contribution in [2.24, 2.45) is 0 Å². The zero-order valence-corrected chi connectivity index (χ0v) is 21.4. The van der Waals surface area contributed by atoms with Gasteiger partial charge in [-0.3, -0.25) is 4.79 Å². The van der Waals surface area contributed by atoms with Crippen molar-refractivity contribution in [2.75, 3.05) is 24.7 Å². The predicted octanol–water partition coefficient (Wildman–Crippen LogP) is 6.32. The molecule has 0 aliphatic carbocycles. The van der Waals surface area contributed by atoms with E-state index in [0.29, 0.717) is 10.6 Å². The highest BCUT2D eigenvalue weighted by molar-refractivity contribution is 8.00. The van der Waals surface area contributed by atoms with Crippen LogP contribution >= 0.6 is 11.8 Å². The Morgan fingerprint density at radius 1 is 0.972 bits per heavy atom. The van der Waals surface area contributed by atoms with Crippen molar-refractivity contribution in [3.05, 3.63) is 102 Å². The molecule has 3 aromatic carbocycles. The van der Waals surface area contributed by atoms with Crippen LogP contribution in [0.5, 0.6) is 0 Å². The van der Waals surface area contributed by atoms with Crippen LogP contribution in [0.4, 0.5) is 5.69 Å². The van der Waals surface area contributed by atoms with Gasteiger partial charge in [0.25, 0.3) is 0 Å². The molecular weight excluding hydrogens is 464 g/mol. The molecule has 0 fully saturated rings. The molecule has 1 aromatic heterocycles. The molecule has 1 N–H and O–H groups in total. The minimum Gasteiger partial charge on any atom is -0.378 e. The van der Waals surface area contributed by atoms with Crippen molar-refractivity contribution in [3.8, 4) is 28.5 Å². The summed E-state index contributed by atoms with van der Waals surface area (Å²) in [5, 5.41) is 13.7. The molecule has 0 aliphatic rings. The van der Waals surface area contributed by atoms with Crippen molar-refractivity contribution in [2.45, 2.75) is 18.0 Å². The standard InChI is InChI=1S/C30H28N4OS/c1-21(22-10-6-4-7-11-22)32-29(35)20-36-30-27(19-31)26(23-14-16-25(17-15-23)34(2)3)18-28(33-30)24-12-8-5-9-13-24/h4-18,21H,20H2,1-3H3,(H,32,35)/t21-/m0/s1. The third-order valence-electron chi connectivity index (χ3n) is 5.88. The number of thioether (sulfide) groups is 1. The number of carbonyl (C=O) groups is 1. The second kappa shape index (κ2) is 11.6. The van der Waals surface area contributed by atoms with Gasteiger partial charge in [-0.2, -0.15) is 5.26 Å². The molecule has 5 nitrogen and oxygen atoms in total. The molecule has 4 aromatic rings. The van der Waals surface area contributed by atoms with Crippen LogP contribution in [0.25, 0.3) is 22.4 Å². The Morgan fingerprint density at radius 2 is 1.61 bits per heavy atom. The van der Waals surface area contributed by atoms with E-state index in [1.807, 2.05) is 117 Å². The van der Waals surface area contributed by atoms with E-state index in [9.17, 15) is 10.1 Å². The summed E-state index contributed by atoms with van der Waals surface area (Å²) >= 11 is 1.29. The van der Waals surface area contributed by atoms with Gasteiger partial charge in [0.05, 0.1) is 23.1 Å². The minimum absolute atomic E-state index is 0.107. The second-order valence-electron chi connectivity index (χ2n) is 8.64. The second-order valence-corrected chi connectivity index (χ2v) is 9.61. The number of nitriles is 1. The first-order valence-corrected chi connectivity index (χ1v) is 12.7. The SMILES string of the molecule is C[C@H](NC(=O)CSc1nc(-c2ccccc2)cc(-c2ccc(N(C)C)cc2)c1C#N)c1ccccc1. The Morgan fingerprint density at radius 3 is 2.22 bits per heavy atom. The molecule has 0 unspecified atom stereocenters. The van der Waals surface area contributed by atoms with Crippen LogP contribution in [-0.4, -0.2) is 30.7 Å². The van der Waals surface area contributed by atoms with Crippen molar-refractivity contribution < 1.29 is 4.79 Å². The Bertz CT molecular complexity index is 1360. The summed E-state index contributed by atoms with van der Waals surface area (Å²) in [4.78, 5) is 19.6. The summed E-state index contributed by atoms with van der Waals surface area (Å²) < 4.78 is 0. The number of nitrogens with one attached hydrogen (secondary N) is 1. The summed E-state index contributed by atoms with van der Waals surface area (Å²) in [7, 11) is 3.99. The molecule has 4 rings (SSSR count). The summed E-state index contributed by atoms with van der Waals surface area (Å²) in [6, 6.07) is 32.0. The van der Waals surface area contributed by atoms with Crippen molar-refractivity contribution in [3.63, 3.8) is 0 Å².